The highest BCUT2D eigenvalue weighted by molar-refractivity contribution is 7.99. The SMILES string of the molecule is CN=C(NCCOCCOC)NC1CCC(SC)C1. The molecule has 112 valence electrons. The number of rotatable bonds is 8. The van der Waals surface area contributed by atoms with Crippen LogP contribution in [0.5, 0.6) is 0 Å². The molecular weight excluding hydrogens is 262 g/mol. The lowest BCUT2D eigenvalue weighted by atomic mass is 10.2. The van der Waals surface area contributed by atoms with Crippen molar-refractivity contribution < 1.29 is 9.47 Å². The zero-order valence-electron chi connectivity index (χ0n) is 12.3. The molecule has 0 aliphatic heterocycles. The highest BCUT2D eigenvalue weighted by Crippen LogP contribution is 2.27. The Morgan fingerprint density at radius 1 is 1.32 bits per heavy atom. The Morgan fingerprint density at radius 2 is 2.16 bits per heavy atom. The van der Waals surface area contributed by atoms with Gasteiger partial charge in [-0.05, 0) is 25.5 Å². The van der Waals surface area contributed by atoms with Crippen molar-refractivity contribution in [2.45, 2.75) is 30.6 Å². The van der Waals surface area contributed by atoms with E-state index >= 15 is 0 Å². The molecule has 5 nitrogen and oxygen atoms in total. The minimum atomic E-state index is 0.554. The summed E-state index contributed by atoms with van der Waals surface area (Å²) in [6.45, 7) is 2.72. The molecule has 2 N–H and O–H groups in total. The quantitative estimate of drug-likeness (QED) is 0.398. The van der Waals surface area contributed by atoms with Crippen LogP contribution in [0, 0.1) is 0 Å². The molecule has 6 heteroatoms. The van der Waals surface area contributed by atoms with Crippen molar-refractivity contribution in [1.82, 2.24) is 10.6 Å². The second-order valence-electron chi connectivity index (χ2n) is 4.62. The van der Waals surface area contributed by atoms with Crippen molar-refractivity contribution in [2.75, 3.05) is 46.8 Å². The standard InChI is InChI=1S/C13H27N3O2S/c1-14-13(15-6-7-18-9-8-17-2)16-11-4-5-12(10-11)19-3/h11-12H,4-10H2,1-3H3,(H2,14,15,16). The van der Waals surface area contributed by atoms with Gasteiger partial charge in [0, 0.05) is 32.0 Å². The van der Waals surface area contributed by atoms with Gasteiger partial charge in [-0.15, -0.1) is 0 Å². The molecule has 0 heterocycles. The Morgan fingerprint density at radius 3 is 2.79 bits per heavy atom. The summed E-state index contributed by atoms with van der Waals surface area (Å²) in [5, 5.41) is 7.55. The van der Waals surface area contributed by atoms with Crippen LogP contribution in [0.2, 0.25) is 0 Å². The lowest BCUT2D eigenvalue weighted by molar-refractivity contribution is 0.0733. The molecule has 0 amide bonds. The van der Waals surface area contributed by atoms with E-state index in [-0.39, 0.29) is 0 Å². The van der Waals surface area contributed by atoms with E-state index in [4.69, 9.17) is 9.47 Å². The van der Waals surface area contributed by atoms with Crippen LogP contribution < -0.4 is 10.6 Å². The van der Waals surface area contributed by atoms with Crippen LogP contribution in [0.25, 0.3) is 0 Å². The number of nitrogens with one attached hydrogen (secondary N) is 2. The maximum Gasteiger partial charge on any atom is 0.191 e. The van der Waals surface area contributed by atoms with E-state index in [2.05, 4.69) is 21.9 Å². The number of nitrogens with zero attached hydrogens (tertiary/aromatic N) is 1. The van der Waals surface area contributed by atoms with Gasteiger partial charge in [0.05, 0.1) is 19.8 Å². The smallest absolute Gasteiger partial charge is 0.191 e. The molecule has 2 unspecified atom stereocenters. The first-order valence-electron chi connectivity index (χ1n) is 6.86. The van der Waals surface area contributed by atoms with Gasteiger partial charge in [-0.1, -0.05) is 0 Å². The van der Waals surface area contributed by atoms with Gasteiger partial charge in [-0.2, -0.15) is 11.8 Å². The van der Waals surface area contributed by atoms with E-state index in [1.54, 1.807) is 7.11 Å². The average Bonchev–Trinajstić information content (AvgIpc) is 2.89. The first-order valence-corrected chi connectivity index (χ1v) is 8.15. The number of methoxy groups -OCH3 is 1. The van der Waals surface area contributed by atoms with E-state index in [0.29, 0.717) is 25.9 Å². The number of thioether (sulfide) groups is 1. The molecule has 1 aliphatic rings. The molecule has 19 heavy (non-hydrogen) atoms. The summed E-state index contributed by atoms with van der Waals surface area (Å²) in [7, 11) is 3.49. The molecule has 2 atom stereocenters. The third-order valence-corrected chi connectivity index (χ3v) is 4.35. The molecule has 0 saturated heterocycles. The van der Waals surface area contributed by atoms with E-state index in [0.717, 1.165) is 17.8 Å². The minimum absolute atomic E-state index is 0.554. The Kier molecular flexibility index (Phi) is 9.03. The average molecular weight is 289 g/mol. The number of hydrogen-bond acceptors (Lipinski definition) is 4. The van der Waals surface area contributed by atoms with Crippen LogP contribution >= 0.6 is 11.8 Å². The zero-order valence-corrected chi connectivity index (χ0v) is 13.1. The van der Waals surface area contributed by atoms with Crippen molar-refractivity contribution in [3.63, 3.8) is 0 Å². The van der Waals surface area contributed by atoms with Crippen LogP contribution in [0.15, 0.2) is 4.99 Å². The Hall–Kier alpha value is -0.460. The number of ether oxygens (including phenoxy) is 2. The summed E-state index contributed by atoms with van der Waals surface area (Å²) in [6, 6.07) is 0.554. The summed E-state index contributed by atoms with van der Waals surface area (Å²) in [5.41, 5.74) is 0. The van der Waals surface area contributed by atoms with Gasteiger partial charge >= 0.3 is 0 Å². The van der Waals surface area contributed by atoms with E-state index in [1.165, 1.54) is 19.3 Å². The van der Waals surface area contributed by atoms with Crippen LogP contribution in [-0.4, -0.2) is 64.0 Å². The van der Waals surface area contributed by atoms with Gasteiger partial charge in [0.15, 0.2) is 5.96 Å². The molecule has 1 fully saturated rings. The topological polar surface area (TPSA) is 54.9 Å². The van der Waals surface area contributed by atoms with E-state index in [1.807, 2.05) is 18.8 Å². The van der Waals surface area contributed by atoms with Crippen molar-refractivity contribution >= 4 is 17.7 Å². The van der Waals surface area contributed by atoms with Gasteiger partial charge in [-0.25, -0.2) is 0 Å². The summed E-state index contributed by atoms with van der Waals surface area (Å²) in [5.74, 6) is 0.877. The van der Waals surface area contributed by atoms with Crippen LogP contribution in [0.4, 0.5) is 0 Å². The Balaban J connectivity index is 2.10. The molecule has 0 aromatic carbocycles. The number of guanidine groups is 1. The summed E-state index contributed by atoms with van der Waals surface area (Å²) >= 11 is 1.97. The molecule has 1 aliphatic carbocycles. The normalized spacial score (nSPS) is 23.6. The maximum absolute atomic E-state index is 5.40. The fourth-order valence-electron chi connectivity index (χ4n) is 2.16. The Labute approximate surface area is 120 Å². The molecular formula is C13H27N3O2S. The third-order valence-electron chi connectivity index (χ3n) is 3.25. The van der Waals surface area contributed by atoms with Gasteiger partial charge in [-0.3, -0.25) is 4.99 Å². The first-order chi connectivity index (χ1) is 9.30. The summed E-state index contributed by atoms with van der Waals surface area (Å²) < 4.78 is 10.3. The minimum Gasteiger partial charge on any atom is -0.382 e. The van der Waals surface area contributed by atoms with Gasteiger partial charge in [0.1, 0.15) is 0 Å². The fraction of sp³-hybridized carbons (Fsp3) is 0.923. The predicted octanol–water partition coefficient (Wildman–Crippen LogP) is 1.10. The molecule has 0 aromatic heterocycles. The molecule has 0 aromatic rings. The summed E-state index contributed by atoms with van der Waals surface area (Å²) in [6.07, 6.45) is 5.95. The lowest BCUT2D eigenvalue weighted by Gasteiger charge is -2.17. The summed E-state index contributed by atoms with van der Waals surface area (Å²) in [4.78, 5) is 4.24. The Bertz CT molecular complexity index is 264. The largest absolute Gasteiger partial charge is 0.382 e. The number of hydrogen-bond donors (Lipinski definition) is 2. The molecule has 1 rings (SSSR count). The van der Waals surface area contributed by atoms with E-state index in [9.17, 15) is 0 Å². The third kappa shape index (κ3) is 7.03. The lowest BCUT2D eigenvalue weighted by Crippen LogP contribution is -2.43. The zero-order chi connectivity index (χ0) is 13.9. The highest BCUT2D eigenvalue weighted by atomic mass is 32.2. The monoisotopic (exact) mass is 289 g/mol. The predicted molar refractivity (Wildman–Crippen MR) is 82.1 cm³/mol. The van der Waals surface area contributed by atoms with Crippen LogP contribution in [0.3, 0.4) is 0 Å². The van der Waals surface area contributed by atoms with Crippen molar-refractivity contribution in [3.8, 4) is 0 Å². The van der Waals surface area contributed by atoms with Crippen molar-refractivity contribution in [1.29, 1.82) is 0 Å². The molecule has 0 spiro atoms. The second kappa shape index (κ2) is 10.3. The van der Waals surface area contributed by atoms with Gasteiger partial charge in [0.25, 0.3) is 0 Å². The molecule has 0 radical (unpaired) electrons. The fourth-order valence-corrected chi connectivity index (χ4v) is 2.96. The first kappa shape index (κ1) is 16.6. The second-order valence-corrected chi connectivity index (χ2v) is 5.75. The molecule has 0 bridgehead atoms. The maximum atomic E-state index is 5.40. The van der Waals surface area contributed by atoms with Crippen molar-refractivity contribution in [3.05, 3.63) is 0 Å². The van der Waals surface area contributed by atoms with Gasteiger partial charge in [0.2, 0.25) is 0 Å². The highest BCUT2D eigenvalue weighted by Gasteiger charge is 2.24. The van der Waals surface area contributed by atoms with Crippen LogP contribution in [-0.2, 0) is 9.47 Å². The number of aliphatic imine (C=N–C) groups is 1. The van der Waals surface area contributed by atoms with Crippen LogP contribution in [0.1, 0.15) is 19.3 Å². The molecule has 1 saturated carbocycles. The van der Waals surface area contributed by atoms with Crippen molar-refractivity contribution in [2.24, 2.45) is 4.99 Å². The van der Waals surface area contributed by atoms with Gasteiger partial charge < -0.3 is 20.1 Å². The van der Waals surface area contributed by atoms with E-state index < -0.39 is 0 Å².